The Bertz CT molecular complexity index is 731. The van der Waals surface area contributed by atoms with Crippen molar-refractivity contribution in [2.24, 2.45) is 0 Å². The lowest BCUT2D eigenvalue weighted by atomic mass is 10.1. The van der Waals surface area contributed by atoms with Crippen LogP contribution in [0.2, 0.25) is 0 Å². The van der Waals surface area contributed by atoms with Gasteiger partial charge < -0.3 is 15.4 Å². The largest absolute Gasteiger partial charge is 0.379 e. The zero-order valence-electron chi connectivity index (χ0n) is 15.3. The first-order chi connectivity index (χ1) is 13.2. The molecule has 1 atom stereocenters. The van der Waals surface area contributed by atoms with Crippen LogP contribution in [0.25, 0.3) is 0 Å². The van der Waals surface area contributed by atoms with Crippen molar-refractivity contribution < 1.29 is 14.3 Å². The third kappa shape index (κ3) is 5.91. The van der Waals surface area contributed by atoms with Crippen molar-refractivity contribution in [3.63, 3.8) is 0 Å². The molecule has 2 aromatic carbocycles. The SMILES string of the molecule is O=C(CNC(=O)c1ccccc1)N[C@H](CN1CCOCC1)c1ccccc1. The van der Waals surface area contributed by atoms with Crippen LogP contribution in [0, 0.1) is 0 Å². The van der Waals surface area contributed by atoms with E-state index in [1.807, 2.05) is 36.4 Å². The molecule has 0 radical (unpaired) electrons. The van der Waals surface area contributed by atoms with Gasteiger partial charge in [-0.1, -0.05) is 48.5 Å². The second-order valence-corrected chi connectivity index (χ2v) is 6.49. The molecule has 0 unspecified atom stereocenters. The van der Waals surface area contributed by atoms with E-state index in [2.05, 4.69) is 15.5 Å². The number of hydrogen-bond donors (Lipinski definition) is 2. The van der Waals surface area contributed by atoms with Gasteiger partial charge in [-0.15, -0.1) is 0 Å². The topological polar surface area (TPSA) is 70.7 Å². The lowest BCUT2D eigenvalue weighted by molar-refractivity contribution is -0.121. The van der Waals surface area contributed by atoms with Crippen LogP contribution in [-0.2, 0) is 9.53 Å². The Kier molecular flexibility index (Phi) is 6.96. The summed E-state index contributed by atoms with van der Waals surface area (Å²) in [5, 5.41) is 5.73. The van der Waals surface area contributed by atoms with E-state index in [9.17, 15) is 9.59 Å². The lowest BCUT2D eigenvalue weighted by Gasteiger charge is -2.31. The van der Waals surface area contributed by atoms with Gasteiger partial charge in [0.1, 0.15) is 0 Å². The minimum Gasteiger partial charge on any atom is -0.379 e. The Labute approximate surface area is 159 Å². The summed E-state index contributed by atoms with van der Waals surface area (Å²) in [5.41, 5.74) is 1.59. The van der Waals surface area contributed by atoms with Gasteiger partial charge in [0.25, 0.3) is 5.91 Å². The Morgan fingerprint density at radius 2 is 1.59 bits per heavy atom. The second kappa shape index (κ2) is 9.85. The molecule has 0 spiro atoms. The number of carbonyl (C=O) groups is 2. The van der Waals surface area contributed by atoms with Crippen LogP contribution >= 0.6 is 0 Å². The minimum atomic E-state index is -0.254. The summed E-state index contributed by atoms with van der Waals surface area (Å²) in [6.07, 6.45) is 0. The van der Waals surface area contributed by atoms with Gasteiger partial charge in [-0.25, -0.2) is 0 Å². The number of nitrogens with zero attached hydrogens (tertiary/aromatic N) is 1. The number of nitrogens with one attached hydrogen (secondary N) is 2. The highest BCUT2D eigenvalue weighted by Gasteiger charge is 2.20. The normalized spacial score (nSPS) is 15.7. The van der Waals surface area contributed by atoms with Crippen molar-refractivity contribution in [3.05, 3.63) is 71.8 Å². The quantitative estimate of drug-likeness (QED) is 0.780. The average Bonchev–Trinajstić information content (AvgIpc) is 2.73. The fourth-order valence-electron chi connectivity index (χ4n) is 3.06. The van der Waals surface area contributed by atoms with Crippen molar-refractivity contribution in [2.75, 3.05) is 39.4 Å². The van der Waals surface area contributed by atoms with Gasteiger partial charge in [-0.3, -0.25) is 14.5 Å². The van der Waals surface area contributed by atoms with Crippen molar-refractivity contribution in [3.8, 4) is 0 Å². The molecule has 2 N–H and O–H groups in total. The van der Waals surface area contributed by atoms with E-state index in [-0.39, 0.29) is 24.4 Å². The predicted molar refractivity (Wildman–Crippen MR) is 103 cm³/mol. The third-order valence-corrected chi connectivity index (χ3v) is 4.53. The van der Waals surface area contributed by atoms with Crippen LogP contribution in [0.5, 0.6) is 0 Å². The molecule has 6 nitrogen and oxygen atoms in total. The number of hydrogen-bond acceptors (Lipinski definition) is 4. The smallest absolute Gasteiger partial charge is 0.251 e. The molecule has 6 heteroatoms. The Morgan fingerprint density at radius 1 is 0.963 bits per heavy atom. The first-order valence-corrected chi connectivity index (χ1v) is 9.20. The minimum absolute atomic E-state index is 0.0554. The lowest BCUT2D eigenvalue weighted by Crippen LogP contribution is -2.45. The van der Waals surface area contributed by atoms with E-state index in [4.69, 9.17) is 4.74 Å². The highest BCUT2D eigenvalue weighted by molar-refractivity contribution is 5.96. The van der Waals surface area contributed by atoms with Crippen LogP contribution in [0.1, 0.15) is 22.0 Å². The van der Waals surface area contributed by atoms with E-state index in [0.717, 1.165) is 18.7 Å². The number of ether oxygens (including phenoxy) is 1. The molecule has 0 aliphatic carbocycles. The molecule has 2 amide bonds. The maximum atomic E-state index is 12.4. The van der Waals surface area contributed by atoms with Gasteiger partial charge in [0.2, 0.25) is 5.91 Å². The van der Waals surface area contributed by atoms with Crippen molar-refractivity contribution in [2.45, 2.75) is 6.04 Å². The second-order valence-electron chi connectivity index (χ2n) is 6.49. The van der Waals surface area contributed by atoms with Crippen LogP contribution < -0.4 is 10.6 Å². The van der Waals surface area contributed by atoms with E-state index < -0.39 is 0 Å². The van der Waals surface area contributed by atoms with E-state index in [0.29, 0.717) is 25.3 Å². The fourth-order valence-corrected chi connectivity index (χ4v) is 3.06. The van der Waals surface area contributed by atoms with E-state index in [1.165, 1.54) is 0 Å². The first kappa shape index (κ1) is 19.1. The summed E-state index contributed by atoms with van der Waals surface area (Å²) < 4.78 is 5.40. The third-order valence-electron chi connectivity index (χ3n) is 4.53. The van der Waals surface area contributed by atoms with Crippen molar-refractivity contribution in [1.29, 1.82) is 0 Å². The summed E-state index contributed by atoms with van der Waals surface area (Å²) in [7, 11) is 0. The number of benzene rings is 2. The molecule has 0 saturated carbocycles. The van der Waals surface area contributed by atoms with Gasteiger partial charge >= 0.3 is 0 Å². The van der Waals surface area contributed by atoms with Crippen LogP contribution in [0.3, 0.4) is 0 Å². The van der Waals surface area contributed by atoms with Crippen molar-refractivity contribution in [1.82, 2.24) is 15.5 Å². The number of rotatable bonds is 7. The Hall–Kier alpha value is -2.70. The summed E-state index contributed by atoms with van der Waals surface area (Å²) in [6, 6.07) is 18.6. The monoisotopic (exact) mass is 367 g/mol. The molecule has 3 rings (SSSR count). The van der Waals surface area contributed by atoms with Crippen LogP contribution in [0.15, 0.2) is 60.7 Å². The van der Waals surface area contributed by atoms with Crippen LogP contribution in [0.4, 0.5) is 0 Å². The zero-order valence-corrected chi connectivity index (χ0v) is 15.3. The summed E-state index contributed by atoms with van der Waals surface area (Å²) in [4.78, 5) is 26.8. The predicted octanol–water partition coefficient (Wildman–Crippen LogP) is 1.61. The summed E-state index contributed by atoms with van der Waals surface area (Å²) in [6.45, 7) is 3.78. The molecule has 1 fully saturated rings. The Balaban J connectivity index is 1.57. The fraction of sp³-hybridized carbons (Fsp3) is 0.333. The van der Waals surface area contributed by atoms with Gasteiger partial charge in [0, 0.05) is 25.2 Å². The highest BCUT2D eigenvalue weighted by atomic mass is 16.5. The van der Waals surface area contributed by atoms with Gasteiger partial charge in [0.05, 0.1) is 25.8 Å². The van der Waals surface area contributed by atoms with E-state index >= 15 is 0 Å². The maximum absolute atomic E-state index is 12.4. The summed E-state index contributed by atoms with van der Waals surface area (Å²) >= 11 is 0. The van der Waals surface area contributed by atoms with Gasteiger partial charge in [0.15, 0.2) is 0 Å². The molecule has 0 aromatic heterocycles. The molecule has 0 bridgehead atoms. The van der Waals surface area contributed by atoms with Gasteiger partial charge in [-0.2, -0.15) is 0 Å². The number of amides is 2. The molecular formula is C21H25N3O3. The molecule has 1 saturated heterocycles. The molecule has 1 heterocycles. The maximum Gasteiger partial charge on any atom is 0.251 e. The average molecular weight is 367 g/mol. The number of carbonyl (C=O) groups excluding carboxylic acids is 2. The molecule has 1 aliphatic heterocycles. The van der Waals surface area contributed by atoms with E-state index in [1.54, 1.807) is 24.3 Å². The highest BCUT2D eigenvalue weighted by Crippen LogP contribution is 2.15. The van der Waals surface area contributed by atoms with Crippen molar-refractivity contribution >= 4 is 11.8 Å². The molecule has 2 aromatic rings. The first-order valence-electron chi connectivity index (χ1n) is 9.20. The molecule has 142 valence electrons. The van der Waals surface area contributed by atoms with Gasteiger partial charge in [-0.05, 0) is 17.7 Å². The van der Waals surface area contributed by atoms with Crippen LogP contribution in [-0.4, -0.2) is 56.1 Å². The Morgan fingerprint density at radius 3 is 2.26 bits per heavy atom. The molecular weight excluding hydrogens is 342 g/mol. The summed E-state index contributed by atoms with van der Waals surface area (Å²) in [5.74, 6) is -0.461. The number of morpholine rings is 1. The molecule has 27 heavy (non-hydrogen) atoms. The molecule has 1 aliphatic rings. The standard InChI is InChI=1S/C21H25N3O3/c25-20(15-22-21(26)18-9-5-2-6-10-18)23-19(17-7-3-1-4-8-17)16-24-11-13-27-14-12-24/h1-10,19H,11-16H2,(H,22,26)(H,23,25)/t19-/m1/s1. The zero-order chi connectivity index (χ0) is 18.9.